The van der Waals surface area contributed by atoms with Crippen LogP contribution in [0.5, 0.6) is 0 Å². The molecular weight excluding hydrogens is 146 g/mol. The van der Waals surface area contributed by atoms with Crippen LogP contribution in [0.3, 0.4) is 0 Å². The summed E-state index contributed by atoms with van der Waals surface area (Å²) < 4.78 is 0. The lowest BCUT2D eigenvalue weighted by molar-refractivity contribution is 0.627. The van der Waals surface area contributed by atoms with E-state index in [9.17, 15) is 0 Å². The second kappa shape index (κ2) is 2.89. The molecule has 1 aromatic heterocycles. The van der Waals surface area contributed by atoms with E-state index < -0.39 is 0 Å². The number of aryl methyl sites for hydroxylation is 1. The Bertz CT molecular complexity index is 291. The van der Waals surface area contributed by atoms with E-state index in [1.54, 1.807) is 0 Å². The summed E-state index contributed by atoms with van der Waals surface area (Å²) >= 11 is 0. The van der Waals surface area contributed by atoms with Gasteiger partial charge in [-0.15, -0.1) is 0 Å². The minimum absolute atomic E-state index is 0.828. The number of aromatic nitrogens is 1. The summed E-state index contributed by atoms with van der Waals surface area (Å²) in [5.41, 5.74) is 4.25. The van der Waals surface area contributed by atoms with Crippen molar-refractivity contribution in [2.75, 3.05) is 0 Å². The van der Waals surface area contributed by atoms with Gasteiger partial charge in [-0.2, -0.15) is 0 Å². The zero-order valence-corrected chi connectivity index (χ0v) is 7.80. The normalized spacial score (nSPS) is 21.0. The van der Waals surface area contributed by atoms with E-state index in [1.807, 2.05) is 0 Å². The zero-order chi connectivity index (χ0) is 8.55. The first-order valence-electron chi connectivity index (χ1n) is 4.76. The average molecular weight is 161 g/mol. The van der Waals surface area contributed by atoms with E-state index in [0.29, 0.717) is 0 Å². The molecule has 0 saturated carbocycles. The minimum Gasteiger partial charge on any atom is -0.261 e. The third kappa shape index (κ3) is 1.24. The van der Waals surface area contributed by atoms with Crippen LogP contribution in [0, 0.1) is 5.92 Å². The van der Waals surface area contributed by atoms with E-state index in [2.05, 4.69) is 31.1 Å². The summed E-state index contributed by atoms with van der Waals surface area (Å²) in [4.78, 5) is 4.40. The van der Waals surface area contributed by atoms with E-state index >= 15 is 0 Å². The lowest BCUT2D eigenvalue weighted by Gasteiger charge is -1.99. The van der Waals surface area contributed by atoms with E-state index in [-0.39, 0.29) is 0 Å². The summed E-state index contributed by atoms with van der Waals surface area (Å²) in [6, 6.07) is 2.28. The van der Waals surface area contributed by atoms with Gasteiger partial charge in [-0.25, -0.2) is 0 Å². The van der Waals surface area contributed by atoms with Crippen molar-refractivity contribution in [3.63, 3.8) is 0 Å². The highest BCUT2D eigenvalue weighted by Gasteiger charge is 2.17. The first kappa shape index (κ1) is 7.78. The van der Waals surface area contributed by atoms with Crippen LogP contribution in [-0.4, -0.2) is 4.98 Å². The summed E-state index contributed by atoms with van der Waals surface area (Å²) in [6.45, 7) is 4.47. The third-order valence-corrected chi connectivity index (χ3v) is 2.64. The highest BCUT2D eigenvalue weighted by atomic mass is 14.7. The van der Waals surface area contributed by atoms with Crippen LogP contribution in [0.1, 0.15) is 30.7 Å². The Morgan fingerprint density at radius 3 is 2.92 bits per heavy atom. The van der Waals surface area contributed by atoms with Gasteiger partial charge < -0.3 is 0 Å². The Kier molecular flexibility index (Phi) is 1.87. The number of nitrogens with zero attached hydrogens (tertiary/aromatic N) is 1. The predicted molar refractivity (Wildman–Crippen MR) is 50.2 cm³/mol. The second-order valence-electron chi connectivity index (χ2n) is 3.81. The molecule has 1 aliphatic rings. The predicted octanol–water partition coefficient (Wildman–Crippen LogP) is 2.38. The van der Waals surface area contributed by atoms with Gasteiger partial charge in [0.2, 0.25) is 0 Å². The monoisotopic (exact) mass is 161 g/mol. The summed E-state index contributed by atoms with van der Waals surface area (Å²) in [7, 11) is 0. The number of fused-ring (bicyclic) bond motifs is 1. The molecule has 0 radical (unpaired) electrons. The van der Waals surface area contributed by atoms with Gasteiger partial charge in [0, 0.05) is 11.9 Å². The van der Waals surface area contributed by atoms with Crippen LogP contribution in [-0.2, 0) is 19.3 Å². The Morgan fingerprint density at radius 1 is 1.42 bits per heavy atom. The number of hydrogen-bond acceptors (Lipinski definition) is 1. The van der Waals surface area contributed by atoms with Crippen molar-refractivity contribution in [1.82, 2.24) is 4.98 Å². The van der Waals surface area contributed by atoms with Gasteiger partial charge in [-0.1, -0.05) is 13.8 Å². The minimum atomic E-state index is 0.828. The van der Waals surface area contributed by atoms with Crippen molar-refractivity contribution in [3.8, 4) is 0 Å². The Morgan fingerprint density at radius 2 is 2.17 bits per heavy atom. The van der Waals surface area contributed by atoms with Gasteiger partial charge in [0.15, 0.2) is 0 Å². The molecule has 0 aliphatic heterocycles. The number of pyridine rings is 1. The molecule has 0 spiro atoms. The van der Waals surface area contributed by atoms with Crippen molar-refractivity contribution < 1.29 is 0 Å². The molecule has 1 heterocycles. The molecule has 2 rings (SSSR count). The molecule has 1 atom stereocenters. The van der Waals surface area contributed by atoms with Crippen LogP contribution in [0.2, 0.25) is 0 Å². The topological polar surface area (TPSA) is 12.9 Å². The number of rotatable bonds is 1. The van der Waals surface area contributed by atoms with Gasteiger partial charge in [0.05, 0.1) is 0 Å². The first-order chi connectivity index (χ1) is 5.79. The SMILES string of the molecule is CCc1cc2c(cn1)CC(C)C2. The first-order valence-corrected chi connectivity index (χ1v) is 4.76. The van der Waals surface area contributed by atoms with Gasteiger partial charge in [0.1, 0.15) is 0 Å². The van der Waals surface area contributed by atoms with Crippen molar-refractivity contribution in [1.29, 1.82) is 0 Å². The maximum absolute atomic E-state index is 4.40. The Hall–Kier alpha value is -0.850. The van der Waals surface area contributed by atoms with Crippen molar-refractivity contribution in [3.05, 3.63) is 29.1 Å². The van der Waals surface area contributed by atoms with Gasteiger partial charge in [0.25, 0.3) is 0 Å². The van der Waals surface area contributed by atoms with Crippen LogP contribution in [0.15, 0.2) is 12.3 Å². The molecule has 0 bridgehead atoms. The molecule has 0 aromatic carbocycles. The highest BCUT2D eigenvalue weighted by Crippen LogP contribution is 2.25. The molecular formula is C11H15N. The summed E-state index contributed by atoms with van der Waals surface area (Å²) in [5.74, 6) is 0.828. The molecule has 1 nitrogen and oxygen atoms in total. The lowest BCUT2D eigenvalue weighted by Crippen LogP contribution is -1.90. The molecule has 12 heavy (non-hydrogen) atoms. The van der Waals surface area contributed by atoms with Crippen molar-refractivity contribution in [2.24, 2.45) is 5.92 Å². The summed E-state index contributed by atoms with van der Waals surface area (Å²) in [5, 5.41) is 0. The maximum Gasteiger partial charge on any atom is 0.0403 e. The molecule has 64 valence electrons. The maximum atomic E-state index is 4.40. The molecule has 0 fully saturated rings. The number of hydrogen-bond donors (Lipinski definition) is 0. The van der Waals surface area contributed by atoms with Crippen molar-refractivity contribution >= 4 is 0 Å². The smallest absolute Gasteiger partial charge is 0.0403 e. The lowest BCUT2D eigenvalue weighted by atomic mass is 10.1. The average Bonchev–Trinajstić information content (AvgIpc) is 2.43. The molecule has 0 saturated heterocycles. The fraction of sp³-hybridized carbons (Fsp3) is 0.545. The van der Waals surface area contributed by atoms with Crippen LogP contribution in [0.25, 0.3) is 0 Å². The van der Waals surface area contributed by atoms with E-state index in [4.69, 9.17) is 0 Å². The van der Waals surface area contributed by atoms with Gasteiger partial charge in [-0.3, -0.25) is 4.98 Å². The molecule has 1 unspecified atom stereocenters. The van der Waals surface area contributed by atoms with Gasteiger partial charge >= 0.3 is 0 Å². The molecule has 1 aliphatic carbocycles. The van der Waals surface area contributed by atoms with Crippen LogP contribution in [0.4, 0.5) is 0 Å². The largest absolute Gasteiger partial charge is 0.261 e. The summed E-state index contributed by atoms with van der Waals surface area (Å²) in [6.07, 6.45) is 5.61. The quantitative estimate of drug-likeness (QED) is 0.616. The molecule has 1 aromatic rings. The van der Waals surface area contributed by atoms with E-state index in [0.717, 1.165) is 12.3 Å². The molecule has 0 N–H and O–H groups in total. The standard InChI is InChI=1S/C11H15N/c1-3-11-6-9-4-8(2)5-10(9)7-12-11/h6-8H,3-5H2,1-2H3. The Balaban J connectivity index is 2.35. The van der Waals surface area contributed by atoms with Crippen LogP contribution < -0.4 is 0 Å². The second-order valence-corrected chi connectivity index (χ2v) is 3.81. The fourth-order valence-corrected chi connectivity index (χ4v) is 1.96. The highest BCUT2D eigenvalue weighted by molar-refractivity contribution is 5.31. The van der Waals surface area contributed by atoms with Gasteiger partial charge in [-0.05, 0) is 42.4 Å². The van der Waals surface area contributed by atoms with Crippen LogP contribution >= 0.6 is 0 Å². The fourth-order valence-electron chi connectivity index (χ4n) is 1.96. The van der Waals surface area contributed by atoms with E-state index in [1.165, 1.54) is 29.7 Å². The Labute approximate surface area is 73.8 Å². The molecule has 1 heteroatoms. The van der Waals surface area contributed by atoms with Crippen molar-refractivity contribution in [2.45, 2.75) is 33.1 Å². The zero-order valence-electron chi connectivity index (χ0n) is 7.80. The molecule has 0 amide bonds. The third-order valence-electron chi connectivity index (χ3n) is 2.64.